The molecule has 0 saturated heterocycles. The number of nitrogens with zero attached hydrogens (tertiary/aromatic N) is 1. The minimum Gasteiger partial charge on any atom is -0.381 e. The first-order valence-corrected chi connectivity index (χ1v) is 6.87. The lowest BCUT2D eigenvalue weighted by Crippen LogP contribution is -2.01. The Morgan fingerprint density at radius 3 is 2.43 bits per heavy atom. The third-order valence-electron chi connectivity index (χ3n) is 2.65. The van der Waals surface area contributed by atoms with Crippen LogP contribution >= 0.6 is 11.8 Å². The molecule has 0 aliphatic carbocycles. The predicted molar refractivity (Wildman–Crippen MR) is 76.8 cm³/mol. The van der Waals surface area contributed by atoms with Gasteiger partial charge in [-0.2, -0.15) is 18.4 Å². The van der Waals surface area contributed by atoms with E-state index >= 15 is 0 Å². The highest BCUT2D eigenvalue weighted by atomic mass is 32.2. The molecule has 0 saturated carbocycles. The second-order valence-corrected chi connectivity index (χ2v) is 5.38. The van der Waals surface area contributed by atoms with Crippen molar-refractivity contribution in [1.82, 2.24) is 0 Å². The second kappa shape index (κ2) is 6.55. The van der Waals surface area contributed by atoms with Gasteiger partial charge in [0.25, 0.3) is 0 Å². The van der Waals surface area contributed by atoms with Gasteiger partial charge in [0, 0.05) is 17.1 Å². The van der Waals surface area contributed by atoms with E-state index in [1.807, 2.05) is 12.1 Å². The van der Waals surface area contributed by atoms with Gasteiger partial charge in [0.15, 0.2) is 0 Å². The van der Waals surface area contributed by atoms with Crippen LogP contribution in [0.1, 0.15) is 11.1 Å². The van der Waals surface area contributed by atoms with E-state index in [0.717, 1.165) is 11.3 Å². The number of alkyl halides is 3. The molecule has 0 amide bonds. The van der Waals surface area contributed by atoms with E-state index in [-0.39, 0.29) is 16.7 Å². The van der Waals surface area contributed by atoms with Crippen LogP contribution in [0, 0.1) is 11.3 Å². The lowest BCUT2D eigenvalue weighted by atomic mass is 10.2. The van der Waals surface area contributed by atoms with Gasteiger partial charge in [0.05, 0.1) is 11.6 Å². The van der Waals surface area contributed by atoms with Crippen LogP contribution in [0.25, 0.3) is 0 Å². The van der Waals surface area contributed by atoms with Crippen LogP contribution < -0.4 is 5.32 Å². The standard InChI is InChI=1S/C15H11F3N2S/c16-15(17,18)21-14-6-4-11(5-7-14)10-20-13-3-1-2-12(8-13)9-19/h1-8,20H,10H2. The third kappa shape index (κ3) is 5.04. The summed E-state index contributed by atoms with van der Waals surface area (Å²) >= 11 is -0.128. The first-order valence-electron chi connectivity index (χ1n) is 6.05. The van der Waals surface area contributed by atoms with E-state index in [1.54, 1.807) is 30.3 Å². The smallest absolute Gasteiger partial charge is 0.381 e. The SMILES string of the molecule is N#Cc1cccc(NCc2ccc(SC(F)(F)F)cc2)c1. The minimum atomic E-state index is -4.27. The molecule has 108 valence electrons. The van der Waals surface area contributed by atoms with E-state index < -0.39 is 5.51 Å². The Labute approximate surface area is 124 Å². The van der Waals surface area contributed by atoms with Crippen molar-refractivity contribution < 1.29 is 13.2 Å². The first kappa shape index (κ1) is 15.3. The lowest BCUT2D eigenvalue weighted by molar-refractivity contribution is -0.0328. The molecule has 1 N–H and O–H groups in total. The Balaban J connectivity index is 1.96. The normalized spacial score (nSPS) is 11.0. The molecule has 2 aromatic carbocycles. The van der Waals surface area contributed by atoms with E-state index in [1.165, 1.54) is 12.1 Å². The fraction of sp³-hybridized carbons (Fsp3) is 0.133. The number of benzene rings is 2. The van der Waals surface area contributed by atoms with Crippen LogP contribution in [-0.2, 0) is 6.54 Å². The number of hydrogen-bond donors (Lipinski definition) is 1. The number of anilines is 1. The zero-order valence-corrected chi connectivity index (χ0v) is 11.6. The summed E-state index contributed by atoms with van der Waals surface area (Å²) in [7, 11) is 0. The number of nitriles is 1. The van der Waals surface area contributed by atoms with E-state index in [0.29, 0.717) is 12.1 Å². The van der Waals surface area contributed by atoms with Crippen LogP contribution in [0.15, 0.2) is 53.4 Å². The average Bonchev–Trinajstić information content (AvgIpc) is 2.45. The zero-order chi connectivity index (χ0) is 15.3. The summed E-state index contributed by atoms with van der Waals surface area (Å²) in [5.74, 6) is 0. The van der Waals surface area contributed by atoms with Crippen molar-refractivity contribution in [3.63, 3.8) is 0 Å². The molecule has 0 aliphatic heterocycles. The molecule has 0 unspecified atom stereocenters. The Kier molecular flexibility index (Phi) is 4.76. The van der Waals surface area contributed by atoms with Gasteiger partial charge in [0.2, 0.25) is 0 Å². The summed E-state index contributed by atoms with van der Waals surface area (Å²) < 4.78 is 36.6. The summed E-state index contributed by atoms with van der Waals surface area (Å²) in [4.78, 5) is 0.165. The molecule has 0 atom stereocenters. The number of halogens is 3. The summed E-state index contributed by atoms with van der Waals surface area (Å²) in [6.45, 7) is 0.478. The van der Waals surface area contributed by atoms with Gasteiger partial charge in [-0.25, -0.2) is 0 Å². The first-order chi connectivity index (χ1) is 9.96. The van der Waals surface area contributed by atoms with Crippen molar-refractivity contribution in [2.24, 2.45) is 0 Å². The van der Waals surface area contributed by atoms with Crippen molar-refractivity contribution in [3.8, 4) is 6.07 Å². The highest BCUT2D eigenvalue weighted by Crippen LogP contribution is 2.36. The molecule has 2 aromatic rings. The van der Waals surface area contributed by atoms with Crippen molar-refractivity contribution >= 4 is 17.4 Å². The third-order valence-corrected chi connectivity index (χ3v) is 3.38. The van der Waals surface area contributed by atoms with Crippen LogP contribution in [0.2, 0.25) is 0 Å². The maximum absolute atomic E-state index is 12.2. The second-order valence-electron chi connectivity index (χ2n) is 4.24. The van der Waals surface area contributed by atoms with Gasteiger partial charge in [0.1, 0.15) is 0 Å². The quantitative estimate of drug-likeness (QED) is 0.825. The monoisotopic (exact) mass is 308 g/mol. The highest BCUT2D eigenvalue weighted by Gasteiger charge is 2.28. The van der Waals surface area contributed by atoms with Gasteiger partial charge < -0.3 is 5.32 Å². The van der Waals surface area contributed by atoms with E-state index in [9.17, 15) is 13.2 Å². The fourth-order valence-electron chi connectivity index (χ4n) is 1.71. The summed E-state index contributed by atoms with van der Waals surface area (Å²) in [6.07, 6.45) is 0. The van der Waals surface area contributed by atoms with Gasteiger partial charge in [-0.05, 0) is 47.7 Å². The van der Waals surface area contributed by atoms with Gasteiger partial charge in [-0.15, -0.1) is 0 Å². The largest absolute Gasteiger partial charge is 0.446 e. The Morgan fingerprint density at radius 1 is 1.10 bits per heavy atom. The van der Waals surface area contributed by atoms with Crippen LogP contribution in [-0.4, -0.2) is 5.51 Å². The maximum atomic E-state index is 12.2. The molecular weight excluding hydrogens is 297 g/mol. The average molecular weight is 308 g/mol. The Hall–Kier alpha value is -2.13. The van der Waals surface area contributed by atoms with E-state index in [4.69, 9.17) is 5.26 Å². The van der Waals surface area contributed by atoms with Crippen molar-refractivity contribution in [1.29, 1.82) is 5.26 Å². The summed E-state index contributed by atoms with van der Waals surface area (Å²) in [5.41, 5.74) is -2.05. The fourth-order valence-corrected chi connectivity index (χ4v) is 2.25. The topological polar surface area (TPSA) is 35.8 Å². The van der Waals surface area contributed by atoms with Crippen LogP contribution in [0.3, 0.4) is 0 Å². The summed E-state index contributed by atoms with van der Waals surface area (Å²) in [5, 5.41) is 11.9. The van der Waals surface area contributed by atoms with Gasteiger partial charge >= 0.3 is 5.51 Å². The predicted octanol–water partition coefficient (Wildman–Crippen LogP) is 4.78. The minimum absolute atomic E-state index is 0.128. The number of hydrogen-bond acceptors (Lipinski definition) is 3. The highest BCUT2D eigenvalue weighted by molar-refractivity contribution is 8.00. The number of rotatable bonds is 4. The molecule has 0 radical (unpaired) electrons. The van der Waals surface area contributed by atoms with Gasteiger partial charge in [-0.1, -0.05) is 18.2 Å². The van der Waals surface area contributed by atoms with Crippen molar-refractivity contribution in [3.05, 3.63) is 59.7 Å². The molecule has 0 aromatic heterocycles. The molecule has 2 rings (SSSR count). The van der Waals surface area contributed by atoms with Crippen LogP contribution in [0.4, 0.5) is 18.9 Å². The Bertz CT molecular complexity index is 645. The maximum Gasteiger partial charge on any atom is 0.446 e. The molecule has 0 spiro atoms. The molecule has 2 nitrogen and oxygen atoms in total. The van der Waals surface area contributed by atoms with E-state index in [2.05, 4.69) is 5.32 Å². The molecule has 6 heteroatoms. The molecule has 21 heavy (non-hydrogen) atoms. The molecule has 0 bridgehead atoms. The molecule has 0 fully saturated rings. The molecule has 0 aliphatic rings. The number of nitrogens with one attached hydrogen (secondary N) is 1. The molecule has 0 heterocycles. The van der Waals surface area contributed by atoms with Crippen LogP contribution in [0.5, 0.6) is 0 Å². The number of thioether (sulfide) groups is 1. The lowest BCUT2D eigenvalue weighted by Gasteiger charge is -2.08. The zero-order valence-electron chi connectivity index (χ0n) is 10.8. The van der Waals surface area contributed by atoms with Crippen molar-refractivity contribution in [2.75, 3.05) is 5.32 Å². The molecular formula is C15H11F3N2S. The Morgan fingerprint density at radius 2 is 1.81 bits per heavy atom. The van der Waals surface area contributed by atoms with Gasteiger partial charge in [-0.3, -0.25) is 0 Å². The van der Waals surface area contributed by atoms with Crippen molar-refractivity contribution in [2.45, 2.75) is 16.9 Å². The summed E-state index contributed by atoms with van der Waals surface area (Å²) in [6, 6.07) is 15.2.